The Hall–Kier alpha value is -2.60. The van der Waals surface area contributed by atoms with Gasteiger partial charge in [-0.15, -0.1) is 0 Å². The summed E-state index contributed by atoms with van der Waals surface area (Å²) in [6.07, 6.45) is 7.04. The molecule has 0 saturated carbocycles. The summed E-state index contributed by atoms with van der Waals surface area (Å²) in [4.78, 5) is 2.26. The molecule has 0 N–H and O–H groups in total. The topological polar surface area (TPSA) is 56.7 Å². The van der Waals surface area contributed by atoms with Crippen LogP contribution in [0.25, 0.3) is 16.5 Å². The molecule has 6 heteroatoms. The maximum Gasteiger partial charge on any atom is 0.162 e. The van der Waals surface area contributed by atoms with Crippen molar-refractivity contribution in [2.24, 2.45) is 0 Å². The van der Waals surface area contributed by atoms with E-state index >= 15 is 0 Å². The van der Waals surface area contributed by atoms with Crippen molar-refractivity contribution in [3.8, 4) is 11.5 Å². The minimum absolute atomic E-state index is 0.0992. The molecule has 2 aromatic rings. The molecule has 1 aliphatic heterocycles. The second-order valence-corrected chi connectivity index (χ2v) is 6.25. The summed E-state index contributed by atoms with van der Waals surface area (Å²) in [5.74, 6) is 1.34. The molecule has 0 amide bonds. The number of ether oxygens (including phenoxy) is 3. The third-order valence-corrected chi connectivity index (χ3v) is 4.87. The van der Waals surface area contributed by atoms with E-state index in [4.69, 9.17) is 14.2 Å². The zero-order chi connectivity index (χ0) is 17.4. The highest BCUT2D eigenvalue weighted by molar-refractivity contribution is 5.93. The molecule has 1 aromatic carbocycles. The number of benzene rings is 1. The Morgan fingerprint density at radius 3 is 2.76 bits per heavy atom. The number of likely N-dealkylation sites (N-methyl/N-ethyl adjacent to an activating group) is 1. The first kappa shape index (κ1) is 15.9. The second kappa shape index (κ2) is 6.37. The smallest absolute Gasteiger partial charge is 0.162 e. The van der Waals surface area contributed by atoms with Crippen LogP contribution < -0.4 is 9.47 Å². The standard InChI is InChI=1S/C19H21N3O3/c1-22-6-7-25-17-8-12(4-5-16(17)22)14-11-20-21-15-10-19(24-3)18(23-2)9-13(14)15/h4-5,9-11,17H,6-8H2,1-3H3. The highest BCUT2D eigenvalue weighted by Gasteiger charge is 2.27. The molecule has 1 aliphatic carbocycles. The first-order chi connectivity index (χ1) is 12.2. The average molecular weight is 339 g/mol. The number of aromatic nitrogens is 2. The zero-order valence-corrected chi connectivity index (χ0v) is 14.7. The number of fused-ring (bicyclic) bond motifs is 2. The third-order valence-electron chi connectivity index (χ3n) is 4.87. The van der Waals surface area contributed by atoms with Crippen molar-refractivity contribution in [1.29, 1.82) is 0 Å². The van der Waals surface area contributed by atoms with Crippen molar-refractivity contribution >= 4 is 16.5 Å². The van der Waals surface area contributed by atoms with Gasteiger partial charge in [-0.2, -0.15) is 10.2 Å². The number of hydrogen-bond donors (Lipinski definition) is 0. The van der Waals surface area contributed by atoms with Gasteiger partial charge in [-0.25, -0.2) is 0 Å². The molecule has 4 rings (SSSR count). The van der Waals surface area contributed by atoms with Gasteiger partial charge in [-0.3, -0.25) is 0 Å². The highest BCUT2D eigenvalue weighted by atomic mass is 16.5. The van der Waals surface area contributed by atoms with Crippen LogP contribution in [0.2, 0.25) is 0 Å². The molecule has 1 aromatic heterocycles. The quantitative estimate of drug-likeness (QED) is 0.857. The van der Waals surface area contributed by atoms with Gasteiger partial charge in [0.05, 0.1) is 32.5 Å². The van der Waals surface area contributed by atoms with Crippen molar-refractivity contribution in [2.45, 2.75) is 12.5 Å². The molecule has 2 heterocycles. The Morgan fingerprint density at radius 2 is 1.96 bits per heavy atom. The molecule has 6 nitrogen and oxygen atoms in total. The van der Waals surface area contributed by atoms with E-state index in [2.05, 4.69) is 34.3 Å². The first-order valence-electron chi connectivity index (χ1n) is 8.32. The van der Waals surface area contributed by atoms with Crippen molar-refractivity contribution in [3.05, 3.63) is 41.7 Å². The monoisotopic (exact) mass is 339 g/mol. The van der Waals surface area contributed by atoms with Crippen LogP contribution in [0.5, 0.6) is 11.5 Å². The van der Waals surface area contributed by atoms with Crippen molar-refractivity contribution in [1.82, 2.24) is 15.1 Å². The summed E-state index contributed by atoms with van der Waals surface area (Å²) in [6, 6.07) is 3.83. The van der Waals surface area contributed by atoms with E-state index in [0.29, 0.717) is 11.5 Å². The molecular formula is C19H21N3O3. The van der Waals surface area contributed by atoms with Gasteiger partial charge in [0.15, 0.2) is 11.5 Å². The molecule has 25 heavy (non-hydrogen) atoms. The fraction of sp³-hybridized carbons (Fsp3) is 0.368. The first-order valence-corrected chi connectivity index (χ1v) is 8.32. The Kier molecular flexibility index (Phi) is 4.05. The summed E-state index contributed by atoms with van der Waals surface area (Å²) in [7, 11) is 5.37. The maximum absolute atomic E-state index is 5.97. The normalized spacial score (nSPS) is 20.0. The summed E-state index contributed by atoms with van der Waals surface area (Å²) in [5.41, 5.74) is 4.27. The van der Waals surface area contributed by atoms with Crippen molar-refractivity contribution in [3.63, 3.8) is 0 Å². The van der Waals surface area contributed by atoms with Gasteiger partial charge in [0.1, 0.15) is 6.10 Å². The molecule has 1 unspecified atom stereocenters. The van der Waals surface area contributed by atoms with Crippen LogP contribution >= 0.6 is 0 Å². The molecule has 1 atom stereocenters. The Balaban J connectivity index is 1.82. The second-order valence-electron chi connectivity index (χ2n) is 6.25. The van der Waals surface area contributed by atoms with E-state index in [1.807, 2.05) is 18.3 Å². The van der Waals surface area contributed by atoms with E-state index in [1.54, 1.807) is 14.2 Å². The lowest BCUT2D eigenvalue weighted by Gasteiger charge is -2.36. The molecule has 2 aliphatic rings. The Bertz CT molecular complexity index is 876. The van der Waals surface area contributed by atoms with Crippen molar-refractivity contribution < 1.29 is 14.2 Å². The van der Waals surface area contributed by atoms with Gasteiger partial charge in [0, 0.05) is 42.7 Å². The fourth-order valence-corrected chi connectivity index (χ4v) is 3.48. The molecule has 130 valence electrons. The summed E-state index contributed by atoms with van der Waals surface area (Å²) in [5, 5.41) is 9.43. The summed E-state index contributed by atoms with van der Waals surface area (Å²) < 4.78 is 16.8. The van der Waals surface area contributed by atoms with Gasteiger partial charge in [-0.1, -0.05) is 6.08 Å². The fourth-order valence-electron chi connectivity index (χ4n) is 3.48. The van der Waals surface area contributed by atoms with Crippen LogP contribution in [0.15, 0.2) is 36.2 Å². The number of nitrogens with zero attached hydrogens (tertiary/aromatic N) is 3. The largest absolute Gasteiger partial charge is 0.493 e. The highest BCUT2D eigenvalue weighted by Crippen LogP contribution is 2.37. The van der Waals surface area contributed by atoms with Gasteiger partial charge in [0.2, 0.25) is 0 Å². The zero-order valence-electron chi connectivity index (χ0n) is 14.7. The van der Waals surface area contributed by atoms with Crippen LogP contribution in [-0.4, -0.2) is 55.6 Å². The molecule has 0 spiro atoms. The molecule has 0 bridgehead atoms. The van der Waals surface area contributed by atoms with E-state index in [-0.39, 0.29) is 6.10 Å². The van der Waals surface area contributed by atoms with Crippen LogP contribution in [0.3, 0.4) is 0 Å². The number of rotatable bonds is 3. The minimum Gasteiger partial charge on any atom is -0.493 e. The molecule has 1 saturated heterocycles. The minimum atomic E-state index is 0.0992. The van der Waals surface area contributed by atoms with Crippen LogP contribution in [0, 0.1) is 0 Å². The number of methoxy groups -OCH3 is 2. The number of morpholine rings is 1. The van der Waals surface area contributed by atoms with Gasteiger partial charge >= 0.3 is 0 Å². The Labute approximate surface area is 146 Å². The molecule has 1 fully saturated rings. The predicted molar refractivity (Wildman–Crippen MR) is 95.7 cm³/mol. The summed E-state index contributed by atoms with van der Waals surface area (Å²) in [6.45, 7) is 1.69. The van der Waals surface area contributed by atoms with Gasteiger partial charge in [-0.05, 0) is 17.7 Å². The lowest BCUT2D eigenvalue weighted by Crippen LogP contribution is -2.38. The number of allylic oxidation sites excluding steroid dienone is 2. The lowest BCUT2D eigenvalue weighted by molar-refractivity contribution is 0.0175. The van der Waals surface area contributed by atoms with E-state index in [9.17, 15) is 0 Å². The third kappa shape index (κ3) is 2.72. The van der Waals surface area contributed by atoms with Crippen LogP contribution in [0.1, 0.15) is 12.0 Å². The van der Waals surface area contributed by atoms with Crippen LogP contribution in [0.4, 0.5) is 0 Å². The molecule has 0 radical (unpaired) electrons. The van der Waals surface area contributed by atoms with E-state index in [1.165, 1.54) is 11.3 Å². The van der Waals surface area contributed by atoms with Crippen molar-refractivity contribution in [2.75, 3.05) is 34.4 Å². The predicted octanol–water partition coefficient (Wildman–Crippen LogP) is 2.65. The van der Waals surface area contributed by atoms with Crippen LogP contribution in [-0.2, 0) is 4.74 Å². The Morgan fingerprint density at radius 1 is 1.16 bits per heavy atom. The lowest BCUT2D eigenvalue weighted by atomic mass is 9.91. The van der Waals surface area contributed by atoms with Gasteiger partial charge < -0.3 is 19.1 Å². The van der Waals surface area contributed by atoms with E-state index < -0.39 is 0 Å². The van der Waals surface area contributed by atoms with Gasteiger partial charge in [0.25, 0.3) is 0 Å². The number of hydrogen-bond acceptors (Lipinski definition) is 6. The maximum atomic E-state index is 5.97. The SMILES string of the molecule is COc1cc2nncc(C3=CC=C4C(C3)OCCN4C)c2cc1OC. The van der Waals surface area contributed by atoms with E-state index in [0.717, 1.165) is 36.0 Å². The average Bonchev–Trinajstić information content (AvgIpc) is 2.66. The molecular weight excluding hydrogens is 318 g/mol. The summed E-state index contributed by atoms with van der Waals surface area (Å²) >= 11 is 0.